The van der Waals surface area contributed by atoms with Crippen molar-refractivity contribution in [2.75, 3.05) is 13.2 Å². The van der Waals surface area contributed by atoms with Crippen LogP contribution in [0.25, 0.3) is 0 Å². The molecule has 0 fully saturated rings. The molecule has 1 aromatic heterocycles. The number of aryl methyl sites for hydroxylation is 1. The van der Waals surface area contributed by atoms with Gasteiger partial charge in [0.2, 0.25) is 0 Å². The SMILES string of the molecule is Cc1ccoc1C(=O)NC[C@@H](CO)Cc1ccc(F)c(F)c1. The lowest BCUT2D eigenvalue weighted by atomic mass is 10.00. The molecule has 22 heavy (non-hydrogen) atoms. The number of amides is 1. The fourth-order valence-electron chi connectivity index (χ4n) is 2.12. The van der Waals surface area contributed by atoms with Gasteiger partial charge in [-0.3, -0.25) is 4.79 Å². The molecule has 2 aromatic rings. The minimum atomic E-state index is -0.926. The summed E-state index contributed by atoms with van der Waals surface area (Å²) in [7, 11) is 0. The van der Waals surface area contributed by atoms with E-state index in [0.717, 1.165) is 17.7 Å². The first-order valence-electron chi connectivity index (χ1n) is 6.88. The van der Waals surface area contributed by atoms with Crippen molar-refractivity contribution in [2.45, 2.75) is 13.3 Å². The van der Waals surface area contributed by atoms with Gasteiger partial charge in [0, 0.05) is 24.6 Å². The summed E-state index contributed by atoms with van der Waals surface area (Å²) in [5.41, 5.74) is 1.28. The molecule has 0 unspecified atom stereocenters. The van der Waals surface area contributed by atoms with Gasteiger partial charge in [-0.25, -0.2) is 8.78 Å². The Kier molecular flexibility index (Phi) is 5.27. The van der Waals surface area contributed by atoms with E-state index in [0.29, 0.717) is 12.0 Å². The van der Waals surface area contributed by atoms with Crippen LogP contribution in [0, 0.1) is 24.5 Å². The van der Waals surface area contributed by atoms with Gasteiger partial charge in [0.1, 0.15) is 0 Å². The molecule has 6 heteroatoms. The molecule has 0 saturated heterocycles. The van der Waals surface area contributed by atoms with Crippen LogP contribution in [0.15, 0.2) is 34.9 Å². The number of rotatable bonds is 6. The van der Waals surface area contributed by atoms with Crippen molar-refractivity contribution in [3.05, 3.63) is 59.1 Å². The zero-order valence-electron chi connectivity index (χ0n) is 12.1. The molecule has 0 aliphatic heterocycles. The number of hydrogen-bond acceptors (Lipinski definition) is 3. The van der Waals surface area contributed by atoms with E-state index in [-0.39, 0.29) is 30.7 Å². The molecule has 1 amide bonds. The normalized spacial score (nSPS) is 12.2. The van der Waals surface area contributed by atoms with Gasteiger partial charge >= 0.3 is 0 Å². The van der Waals surface area contributed by atoms with Crippen molar-refractivity contribution in [1.82, 2.24) is 5.32 Å². The van der Waals surface area contributed by atoms with Crippen LogP contribution in [0.1, 0.15) is 21.7 Å². The summed E-state index contributed by atoms with van der Waals surface area (Å²) in [6, 6.07) is 5.28. The molecule has 0 radical (unpaired) electrons. The minimum absolute atomic E-state index is 0.184. The van der Waals surface area contributed by atoms with Crippen LogP contribution >= 0.6 is 0 Å². The van der Waals surface area contributed by atoms with Crippen LogP contribution in [-0.2, 0) is 6.42 Å². The van der Waals surface area contributed by atoms with Gasteiger partial charge in [-0.2, -0.15) is 0 Å². The predicted molar refractivity (Wildman–Crippen MR) is 76.4 cm³/mol. The van der Waals surface area contributed by atoms with Crippen molar-refractivity contribution in [1.29, 1.82) is 0 Å². The molecular formula is C16H17F2NO3. The average Bonchev–Trinajstić information content (AvgIpc) is 2.93. The number of carbonyl (C=O) groups excluding carboxylic acids is 1. The lowest BCUT2D eigenvalue weighted by Gasteiger charge is -2.15. The quantitative estimate of drug-likeness (QED) is 0.861. The number of halogens is 2. The van der Waals surface area contributed by atoms with E-state index in [1.807, 2.05) is 0 Å². The zero-order chi connectivity index (χ0) is 16.1. The largest absolute Gasteiger partial charge is 0.459 e. The third-order valence-corrected chi connectivity index (χ3v) is 3.39. The smallest absolute Gasteiger partial charge is 0.287 e. The fraction of sp³-hybridized carbons (Fsp3) is 0.312. The monoisotopic (exact) mass is 309 g/mol. The molecule has 1 heterocycles. The van der Waals surface area contributed by atoms with Crippen molar-refractivity contribution in [3.63, 3.8) is 0 Å². The number of aliphatic hydroxyl groups is 1. The second-order valence-corrected chi connectivity index (χ2v) is 5.14. The van der Waals surface area contributed by atoms with E-state index >= 15 is 0 Å². The number of nitrogens with one attached hydrogen (secondary N) is 1. The summed E-state index contributed by atoms with van der Waals surface area (Å²) < 4.78 is 31.1. The summed E-state index contributed by atoms with van der Waals surface area (Å²) in [4.78, 5) is 11.9. The first-order chi connectivity index (χ1) is 10.5. The Bertz CT molecular complexity index is 655. The van der Waals surface area contributed by atoms with Crippen LogP contribution < -0.4 is 5.32 Å². The van der Waals surface area contributed by atoms with Crippen molar-refractivity contribution >= 4 is 5.91 Å². The molecule has 0 aliphatic rings. The van der Waals surface area contributed by atoms with Crippen LogP contribution in [0.4, 0.5) is 8.78 Å². The lowest BCUT2D eigenvalue weighted by Crippen LogP contribution is -2.32. The third-order valence-electron chi connectivity index (χ3n) is 3.39. The van der Waals surface area contributed by atoms with Gasteiger partial charge in [-0.1, -0.05) is 6.07 Å². The Morgan fingerprint density at radius 1 is 1.32 bits per heavy atom. The topological polar surface area (TPSA) is 62.5 Å². The summed E-state index contributed by atoms with van der Waals surface area (Å²) in [5.74, 6) is -2.28. The highest BCUT2D eigenvalue weighted by Crippen LogP contribution is 2.13. The molecule has 1 aromatic carbocycles. The Labute approximate surface area is 126 Å². The molecule has 4 nitrogen and oxygen atoms in total. The van der Waals surface area contributed by atoms with Crippen LogP contribution in [0.5, 0.6) is 0 Å². The van der Waals surface area contributed by atoms with Gasteiger partial charge in [0.25, 0.3) is 5.91 Å². The van der Waals surface area contributed by atoms with Crippen LogP contribution in [0.2, 0.25) is 0 Å². The van der Waals surface area contributed by atoms with E-state index in [9.17, 15) is 18.7 Å². The molecule has 118 valence electrons. The van der Waals surface area contributed by atoms with Crippen LogP contribution in [-0.4, -0.2) is 24.2 Å². The minimum Gasteiger partial charge on any atom is -0.459 e. The number of carbonyl (C=O) groups is 1. The molecule has 0 aliphatic carbocycles. The molecule has 0 bridgehead atoms. The maximum atomic E-state index is 13.2. The molecule has 1 atom stereocenters. The summed E-state index contributed by atoms with van der Waals surface area (Å²) in [6.07, 6.45) is 1.75. The van der Waals surface area contributed by atoms with Gasteiger partial charge in [0.15, 0.2) is 17.4 Å². The van der Waals surface area contributed by atoms with E-state index < -0.39 is 11.6 Å². The van der Waals surface area contributed by atoms with E-state index in [1.54, 1.807) is 13.0 Å². The Balaban J connectivity index is 1.93. The number of furan rings is 1. The zero-order valence-corrected chi connectivity index (χ0v) is 12.1. The highest BCUT2D eigenvalue weighted by Gasteiger charge is 2.16. The predicted octanol–water partition coefficient (Wildman–Crippen LogP) is 2.45. The summed E-state index contributed by atoms with van der Waals surface area (Å²) in [6.45, 7) is 1.77. The lowest BCUT2D eigenvalue weighted by molar-refractivity contribution is 0.0911. The van der Waals surface area contributed by atoms with E-state index in [4.69, 9.17) is 4.42 Å². The molecule has 0 saturated carbocycles. The maximum absolute atomic E-state index is 13.2. The van der Waals surface area contributed by atoms with Crippen molar-refractivity contribution < 1.29 is 23.1 Å². The van der Waals surface area contributed by atoms with Gasteiger partial charge in [-0.05, 0) is 37.1 Å². The molecule has 2 rings (SSSR count). The molecular weight excluding hydrogens is 292 g/mol. The van der Waals surface area contributed by atoms with E-state index in [1.165, 1.54) is 12.3 Å². The first-order valence-corrected chi connectivity index (χ1v) is 6.88. The van der Waals surface area contributed by atoms with Gasteiger partial charge in [0.05, 0.1) is 6.26 Å². The Morgan fingerprint density at radius 3 is 2.68 bits per heavy atom. The molecule has 0 spiro atoms. The van der Waals surface area contributed by atoms with Crippen LogP contribution in [0.3, 0.4) is 0 Å². The number of aliphatic hydroxyl groups excluding tert-OH is 1. The fourth-order valence-corrected chi connectivity index (χ4v) is 2.12. The van der Waals surface area contributed by atoms with Crippen molar-refractivity contribution in [2.24, 2.45) is 5.92 Å². The van der Waals surface area contributed by atoms with Gasteiger partial charge in [-0.15, -0.1) is 0 Å². The first kappa shape index (κ1) is 16.2. The summed E-state index contributed by atoms with van der Waals surface area (Å²) >= 11 is 0. The number of benzene rings is 1. The standard InChI is InChI=1S/C16H17F2NO3/c1-10-4-5-22-15(10)16(21)19-8-12(9-20)6-11-2-3-13(17)14(18)7-11/h2-5,7,12,20H,6,8-9H2,1H3,(H,19,21)/t12-/m0/s1. The van der Waals surface area contributed by atoms with Crippen molar-refractivity contribution in [3.8, 4) is 0 Å². The Hall–Kier alpha value is -2.21. The third kappa shape index (κ3) is 3.92. The molecule has 2 N–H and O–H groups in total. The highest BCUT2D eigenvalue weighted by molar-refractivity contribution is 5.92. The second-order valence-electron chi connectivity index (χ2n) is 5.14. The second kappa shape index (κ2) is 7.17. The Morgan fingerprint density at radius 2 is 2.09 bits per heavy atom. The average molecular weight is 309 g/mol. The van der Waals surface area contributed by atoms with E-state index in [2.05, 4.69) is 5.32 Å². The summed E-state index contributed by atoms with van der Waals surface area (Å²) in [5, 5.41) is 12.0. The number of hydrogen-bond donors (Lipinski definition) is 2. The maximum Gasteiger partial charge on any atom is 0.287 e. The highest BCUT2D eigenvalue weighted by atomic mass is 19.2. The van der Waals surface area contributed by atoms with Gasteiger partial charge < -0.3 is 14.8 Å².